The first kappa shape index (κ1) is 14.2. The number of alkyl halides is 3. The van der Waals surface area contributed by atoms with Crippen LogP contribution in [0.4, 0.5) is 13.2 Å². The number of nitrogens with zero attached hydrogens (tertiary/aromatic N) is 1. The number of pyridine rings is 1. The fraction of sp³-hybridized carbons (Fsp3) is 0.214. The third-order valence-corrected chi connectivity index (χ3v) is 2.84. The summed E-state index contributed by atoms with van der Waals surface area (Å²) >= 11 is 0. The van der Waals surface area contributed by atoms with E-state index in [0.29, 0.717) is 11.3 Å². The molecule has 20 heavy (non-hydrogen) atoms. The SMILES string of the molecule is COc1ccc(Cn2cccc(C(F)(F)F)c2=O)cc1. The second kappa shape index (κ2) is 5.40. The van der Waals surface area contributed by atoms with E-state index in [4.69, 9.17) is 4.74 Å². The van der Waals surface area contributed by atoms with Crippen molar-refractivity contribution in [3.63, 3.8) is 0 Å². The van der Waals surface area contributed by atoms with Crippen LogP contribution >= 0.6 is 0 Å². The maximum atomic E-state index is 12.6. The van der Waals surface area contributed by atoms with E-state index in [9.17, 15) is 18.0 Å². The van der Waals surface area contributed by atoms with Crippen LogP contribution in [-0.4, -0.2) is 11.7 Å². The Hall–Kier alpha value is -2.24. The number of hydrogen-bond acceptors (Lipinski definition) is 2. The molecule has 106 valence electrons. The highest BCUT2D eigenvalue weighted by atomic mass is 19.4. The van der Waals surface area contributed by atoms with Crippen LogP contribution < -0.4 is 10.3 Å². The van der Waals surface area contributed by atoms with Crippen molar-refractivity contribution in [2.75, 3.05) is 7.11 Å². The summed E-state index contributed by atoms with van der Waals surface area (Å²) in [6.07, 6.45) is -3.30. The second-order valence-corrected chi connectivity index (χ2v) is 4.20. The maximum absolute atomic E-state index is 12.6. The molecule has 0 bridgehead atoms. The third kappa shape index (κ3) is 3.01. The quantitative estimate of drug-likeness (QED) is 0.867. The van der Waals surface area contributed by atoms with Gasteiger partial charge in [-0.3, -0.25) is 4.79 Å². The number of halogens is 3. The average molecular weight is 283 g/mol. The van der Waals surface area contributed by atoms with Gasteiger partial charge >= 0.3 is 6.18 Å². The lowest BCUT2D eigenvalue weighted by Crippen LogP contribution is -2.28. The maximum Gasteiger partial charge on any atom is 0.421 e. The monoisotopic (exact) mass is 283 g/mol. The van der Waals surface area contributed by atoms with Gasteiger partial charge in [-0.2, -0.15) is 13.2 Å². The molecule has 6 heteroatoms. The van der Waals surface area contributed by atoms with Gasteiger partial charge < -0.3 is 9.30 Å². The lowest BCUT2D eigenvalue weighted by molar-refractivity contribution is -0.138. The van der Waals surface area contributed by atoms with Crippen LogP contribution in [0.3, 0.4) is 0 Å². The molecule has 0 atom stereocenters. The van der Waals surface area contributed by atoms with Crippen molar-refractivity contribution in [3.8, 4) is 5.75 Å². The minimum Gasteiger partial charge on any atom is -0.497 e. The zero-order valence-electron chi connectivity index (χ0n) is 10.6. The van der Waals surface area contributed by atoms with Gasteiger partial charge in [0.2, 0.25) is 0 Å². The van der Waals surface area contributed by atoms with Crippen LogP contribution in [0.25, 0.3) is 0 Å². The van der Waals surface area contributed by atoms with Crippen LogP contribution in [0.5, 0.6) is 5.75 Å². The van der Waals surface area contributed by atoms with Gasteiger partial charge in [-0.15, -0.1) is 0 Å². The van der Waals surface area contributed by atoms with Crippen LogP contribution in [-0.2, 0) is 12.7 Å². The van der Waals surface area contributed by atoms with Crippen LogP contribution in [0, 0.1) is 0 Å². The van der Waals surface area contributed by atoms with E-state index in [2.05, 4.69) is 0 Å². The molecule has 0 saturated heterocycles. The first-order valence-corrected chi connectivity index (χ1v) is 5.81. The van der Waals surface area contributed by atoms with E-state index in [0.717, 1.165) is 10.6 Å². The second-order valence-electron chi connectivity index (χ2n) is 4.20. The first-order chi connectivity index (χ1) is 9.41. The minimum absolute atomic E-state index is 0.0761. The van der Waals surface area contributed by atoms with Gasteiger partial charge in [-0.1, -0.05) is 12.1 Å². The predicted octanol–water partition coefficient (Wildman–Crippen LogP) is 2.92. The Labute approximate surface area is 113 Å². The van der Waals surface area contributed by atoms with Crippen LogP contribution in [0.15, 0.2) is 47.4 Å². The fourth-order valence-corrected chi connectivity index (χ4v) is 1.80. The molecular formula is C14H12F3NO2. The molecule has 0 unspecified atom stereocenters. The predicted molar refractivity (Wildman–Crippen MR) is 67.8 cm³/mol. The van der Waals surface area contributed by atoms with E-state index in [1.165, 1.54) is 19.4 Å². The molecule has 1 aromatic heterocycles. The van der Waals surface area contributed by atoms with Gasteiger partial charge in [0.15, 0.2) is 0 Å². The molecule has 0 amide bonds. The zero-order chi connectivity index (χ0) is 14.8. The van der Waals surface area contributed by atoms with Crippen molar-refractivity contribution >= 4 is 0 Å². The number of rotatable bonds is 3. The molecule has 2 rings (SSSR count). The molecular weight excluding hydrogens is 271 g/mol. The highest BCUT2D eigenvalue weighted by Crippen LogP contribution is 2.26. The van der Waals surface area contributed by atoms with Crippen LogP contribution in [0.1, 0.15) is 11.1 Å². The topological polar surface area (TPSA) is 31.2 Å². The third-order valence-electron chi connectivity index (χ3n) is 2.84. The Bertz CT molecular complexity index is 645. The summed E-state index contributed by atoms with van der Waals surface area (Å²) in [5.74, 6) is 0.644. The molecule has 0 aliphatic carbocycles. The Balaban J connectivity index is 2.32. The molecule has 2 aromatic rings. The van der Waals surface area contributed by atoms with Crippen molar-refractivity contribution < 1.29 is 17.9 Å². The molecule has 0 aliphatic rings. The summed E-state index contributed by atoms with van der Waals surface area (Å²) in [6, 6.07) is 8.78. The molecule has 0 N–H and O–H groups in total. The van der Waals surface area contributed by atoms with Crippen molar-refractivity contribution in [1.29, 1.82) is 0 Å². The van der Waals surface area contributed by atoms with E-state index in [1.54, 1.807) is 24.3 Å². The highest BCUT2D eigenvalue weighted by molar-refractivity contribution is 5.27. The molecule has 0 fully saturated rings. The highest BCUT2D eigenvalue weighted by Gasteiger charge is 2.34. The molecule has 1 aromatic carbocycles. The Morgan fingerprint density at radius 1 is 1.15 bits per heavy atom. The molecule has 0 saturated carbocycles. The van der Waals surface area contributed by atoms with Gasteiger partial charge in [0.25, 0.3) is 5.56 Å². The lowest BCUT2D eigenvalue weighted by atomic mass is 10.2. The summed E-state index contributed by atoms with van der Waals surface area (Å²) in [4.78, 5) is 11.8. The van der Waals surface area contributed by atoms with Crippen LogP contribution in [0.2, 0.25) is 0 Å². The number of benzene rings is 1. The summed E-state index contributed by atoms with van der Waals surface area (Å²) in [5, 5.41) is 0. The minimum atomic E-state index is -4.64. The van der Waals surface area contributed by atoms with Gasteiger partial charge in [0.1, 0.15) is 11.3 Å². The van der Waals surface area contributed by atoms with Crippen molar-refractivity contribution in [2.45, 2.75) is 12.7 Å². The normalized spacial score (nSPS) is 11.4. The van der Waals surface area contributed by atoms with Gasteiger partial charge in [-0.05, 0) is 29.8 Å². The summed E-state index contributed by atoms with van der Waals surface area (Å²) in [5.41, 5.74) is -1.49. The largest absolute Gasteiger partial charge is 0.497 e. The van der Waals surface area contributed by atoms with Crippen molar-refractivity contribution in [1.82, 2.24) is 4.57 Å². The van der Waals surface area contributed by atoms with E-state index < -0.39 is 17.3 Å². The van der Waals surface area contributed by atoms with Gasteiger partial charge in [0.05, 0.1) is 13.7 Å². The van der Waals surface area contributed by atoms with E-state index in [1.807, 2.05) is 0 Å². The summed E-state index contributed by atoms with van der Waals surface area (Å²) in [7, 11) is 1.52. The Kier molecular flexibility index (Phi) is 3.83. The van der Waals surface area contributed by atoms with E-state index in [-0.39, 0.29) is 6.54 Å². The van der Waals surface area contributed by atoms with Gasteiger partial charge in [-0.25, -0.2) is 0 Å². The standard InChI is InChI=1S/C14H12F3NO2/c1-20-11-6-4-10(5-7-11)9-18-8-2-3-12(13(18)19)14(15,16)17/h2-8H,9H2,1H3. The smallest absolute Gasteiger partial charge is 0.421 e. The summed E-state index contributed by atoms with van der Waals surface area (Å²) < 4.78 is 43.9. The first-order valence-electron chi connectivity index (χ1n) is 5.81. The number of methoxy groups -OCH3 is 1. The van der Waals surface area contributed by atoms with Crippen molar-refractivity contribution in [2.24, 2.45) is 0 Å². The molecule has 0 spiro atoms. The average Bonchev–Trinajstić information content (AvgIpc) is 2.40. The molecule has 0 radical (unpaired) electrons. The summed E-state index contributed by atoms with van der Waals surface area (Å²) in [6.45, 7) is 0.0761. The Morgan fingerprint density at radius 2 is 1.80 bits per heavy atom. The number of ether oxygens (including phenoxy) is 1. The molecule has 1 heterocycles. The van der Waals surface area contributed by atoms with Crippen molar-refractivity contribution in [3.05, 3.63) is 64.1 Å². The molecule has 0 aliphatic heterocycles. The Morgan fingerprint density at radius 3 is 2.35 bits per heavy atom. The van der Waals surface area contributed by atoms with E-state index >= 15 is 0 Å². The number of hydrogen-bond donors (Lipinski definition) is 0. The zero-order valence-corrected chi connectivity index (χ0v) is 10.6. The molecule has 3 nitrogen and oxygen atoms in total. The fourth-order valence-electron chi connectivity index (χ4n) is 1.80. The lowest BCUT2D eigenvalue weighted by Gasteiger charge is -2.10. The van der Waals surface area contributed by atoms with Gasteiger partial charge in [0, 0.05) is 6.20 Å². The number of aromatic nitrogens is 1.